The van der Waals surface area contributed by atoms with Gasteiger partial charge in [-0.15, -0.1) is 0 Å². The number of nitrogens with two attached hydrogens (primary N) is 1. The molecule has 3 aromatic heterocycles. The highest BCUT2D eigenvalue weighted by atomic mass is 16.5. The van der Waals surface area contributed by atoms with Gasteiger partial charge in [-0.25, -0.2) is 15.0 Å². The Morgan fingerprint density at radius 3 is 2.48 bits per heavy atom. The molecule has 0 aliphatic heterocycles. The molecule has 1 atom stereocenters. The van der Waals surface area contributed by atoms with Gasteiger partial charge in [-0.1, -0.05) is 24.3 Å². The number of aromatic nitrogens is 4. The van der Waals surface area contributed by atoms with Crippen LogP contribution in [0.5, 0.6) is 0 Å². The molecule has 1 unspecified atom stereocenters. The van der Waals surface area contributed by atoms with Crippen molar-refractivity contribution in [2.75, 3.05) is 19.5 Å². The number of aliphatic carboxylic acids is 1. The van der Waals surface area contributed by atoms with Crippen molar-refractivity contribution >= 4 is 23.0 Å². The third-order valence-electron chi connectivity index (χ3n) is 5.49. The van der Waals surface area contributed by atoms with Crippen LogP contribution in [0.1, 0.15) is 18.1 Å². The molecule has 4 aromatic rings. The maximum Gasteiger partial charge on any atom is 0.323 e. The predicted octanol–water partition coefficient (Wildman–Crippen LogP) is 3.11. The molecule has 0 amide bonds. The van der Waals surface area contributed by atoms with E-state index < -0.39 is 11.4 Å². The summed E-state index contributed by atoms with van der Waals surface area (Å²) >= 11 is 0. The van der Waals surface area contributed by atoms with Crippen molar-refractivity contribution < 1.29 is 14.6 Å². The average molecular weight is 417 g/mol. The van der Waals surface area contributed by atoms with Gasteiger partial charge in [0.05, 0.1) is 6.61 Å². The number of carboxylic acids is 1. The Labute approximate surface area is 179 Å². The van der Waals surface area contributed by atoms with Crippen LogP contribution in [0, 0.1) is 0 Å². The molecule has 31 heavy (non-hydrogen) atoms. The van der Waals surface area contributed by atoms with Crippen LogP contribution in [0.15, 0.2) is 61.2 Å². The van der Waals surface area contributed by atoms with Gasteiger partial charge in [-0.2, -0.15) is 0 Å². The predicted molar refractivity (Wildman–Crippen MR) is 118 cm³/mol. The zero-order valence-corrected chi connectivity index (χ0v) is 17.3. The van der Waals surface area contributed by atoms with Crippen LogP contribution in [0.4, 0.5) is 5.95 Å². The number of hydrogen-bond acceptors (Lipinski definition) is 6. The fraction of sp³-hybridized carbons (Fsp3) is 0.217. The van der Waals surface area contributed by atoms with Gasteiger partial charge in [0, 0.05) is 48.3 Å². The van der Waals surface area contributed by atoms with Gasteiger partial charge >= 0.3 is 5.97 Å². The first-order valence-corrected chi connectivity index (χ1v) is 9.76. The summed E-state index contributed by atoms with van der Waals surface area (Å²) in [7, 11) is 1.66. The lowest BCUT2D eigenvalue weighted by Crippen LogP contribution is -2.29. The second-order valence-corrected chi connectivity index (χ2v) is 7.61. The summed E-state index contributed by atoms with van der Waals surface area (Å²) in [5.74, 6) is -0.683. The molecule has 0 bridgehead atoms. The summed E-state index contributed by atoms with van der Waals surface area (Å²) < 4.78 is 7.27. The van der Waals surface area contributed by atoms with Crippen LogP contribution in [0.25, 0.3) is 22.2 Å². The lowest BCUT2D eigenvalue weighted by atomic mass is 9.76. The van der Waals surface area contributed by atoms with Gasteiger partial charge in [0.2, 0.25) is 5.95 Å². The monoisotopic (exact) mass is 417 g/mol. The fourth-order valence-corrected chi connectivity index (χ4v) is 3.95. The molecule has 0 radical (unpaired) electrons. The minimum absolute atomic E-state index is 0.160. The first-order valence-electron chi connectivity index (χ1n) is 9.76. The lowest BCUT2D eigenvalue weighted by molar-refractivity contribution is -0.137. The Hall–Kier alpha value is -3.78. The maximum atomic E-state index is 11.4. The lowest BCUT2D eigenvalue weighted by Gasteiger charge is -2.29. The van der Waals surface area contributed by atoms with Crippen LogP contribution in [0.2, 0.25) is 0 Å². The van der Waals surface area contributed by atoms with Crippen LogP contribution < -0.4 is 5.73 Å². The van der Waals surface area contributed by atoms with E-state index in [1.807, 2.05) is 42.6 Å². The van der Waals surface area contributed by atoms with E-state index in [0.29, 0.717) is 12.3 Å². The number of nitrogens with zero attached hydrogens (tertiary/aromatic N) is 4. The number of benzene rings is 1. The van der Waals surface area contributed by atoms with Crippen molar-refractivity contribution in [3.05, 3.63) is 72.3 Å². The van der Waals surface area contributed by atoms with Gasteiger partial charge in [0.25, 0.3) is 0 Å². The van der Waals surface area contributed by atoms with E-state index in [2.05, 4.69) is 21.9 Å². The largest absolute Gasteiger partial charge is 0.480 e. The van der Waals surface area contributed by atoms with Gasteiger partial charge < -0.3 is 20.1 Å². The number of ether oxygens (including phenoxy) is 1. The second-order valence-electron chi connectivity index (χ2n) is 7.61. The first-order chi connectivity index (χ1) is 14.9. The third-order valence-corrected chi connectivity index (χ3v) is 5.49. The van der Waals surface area contributed by atoms with Crippen molar-refractivity contribution in [2.45, 2.75) is 18.9 Å². The zero-order valence-electron chi connectivity index (χ0n) is 17.3. The number of fused-ring (bicyclic) bond motifs is 1. The van der Waals surface area contributed by atoms with E-state index in [1.165, 1.54) is 0 Å². The topological polar surface area (TPSA) is 116 Å². The standard InChI is InChI=1S/C23H23N5O3/c1-23(14-31-2,17-7-5-15(6-8-17)16-10-26-22(24)27-11-16)19-12-28(13-20(29)30)21-18(19)4-3-9-25-21/h3-12H,13-14H2,1-2H3,(H,29,30)(H2,24,26,27). The van der Waals surface area contributed by atoms with Crippen molar-refractivity contribution in [3.63, 3.8) is 0 Å². The summed E-state index contributed by atoms with van der Waals surface area (Å²) in [5, 5.41) is 10.2. The van der Waals surface area contributed by atoms with E-state index in [0.717, 1.165) is 27.6 Å². The van der Waals surface area contributed by atoms with Crippen molar-refractivity contribution in [2.24, 2.45) is 0 Å². The number of hydrogen-bond donors (Lipinski definition) is 2. The number of nitrogen functional groups attached to an aromatic ring is 1. The summed E-state index contributed by atoms with van der Waals surface area (Å²) in [5.41, 5.74) is 9.54. The number of carboxylic acid groups (broad SMARTS) is 1. The molecular formula is C23H23N5O3. The highest BCUT2D eigenvalue weighted by Gasteiger charge is 2.33. The molecule has 0 spiro atoms. The van der Waals surface area contributed by atoms with Crippen molar-refractivity contribution in [1.82, 2.24) is 19.5 Å². The number of rotatable bonds is 7. The summed E-state index contributed by atoms with van der Waals surface area (Å²) in [6, 6.07) is 11.9. The van der Waals surface area contributed by atoms with E-state index in [4.69, 9.17) is 10.5 Å². The molecule has 1 aromatic carbocycles. The first kappa shape index (κ1) is 20.5. The number of pyridine rings is 1. The van der Waals surface area contributed by atoms with E-state index in [9.17, 15) is 9.90 Å². The van der Waals surface area contributed by atoms with Crippen LogP contribution in [-0.4, -0.2) is 44.3 Å². The van der Waals surface area contributed by atoms with E-state index in [1.54, 1.807) is 30.3 Å². The van der Waals surface area contributed by atoms with Gasteiger partial charge in [-0.05, 0) is 35.7 Å². The average Bonchev–Trinajstić information content (AvgIpc) is 3.13. The van der Waals surface area contributed by atoms with Crippen LogP contribution in [0.3, 0.4) is 0 Å². The highest BCUT2D eigenvalue weighted by molar-refractivity contribution is 5.84. The molecule has 0 fully saturated rings. The molecule has 0 saturated heterocycles. The van der Waals surface area contributed by atoms with Crippen LogP contribution in [-0.2, 0) is 21.5 Å². The molecule has 8 heteroatoms. The Bertz CT molecular complexity index is 1220. The molecule has 4 rings (SSSR count). The van der Waals surface area contributed by atoms with E-state index >= 15 is 0 Å². The van der Waals surface area contributed by atoms with Gasteiger partial charge in [0.1, 0.15) is 12.2 Å². The summed E-state index contributed by atoms with van der Waals surface area (Å²) in [6.07, 6.45) is 6.92. The van der Waals surface area contributed by atoms with Crippen molar-refractivity contribution in [3.8, 4) is 11.1 Å². The molecule has 0 saturated carbocycles. The van der Waals surface area contributed by atoms with Gasteiger partial charge in [0.15, 0.2) is 0 Å². The normalized spacial score (nSPS) is 13.2. The van der Waals surface area contributed by atoms with Crippen molar-refractivity contribution in [1.29, 1.82) is 0 Å². The number of carbonyl (C=O) groups is 1. The molecule has 3 N–H and O–H groups in total. The zero-order chi connectivity index (χ0) is 22.0. The molecular weight excluding hydrogens is 394 g/mol. The Kier molecular flexibility index (Phi) is 5.39. The minimum Gasteiger partial charge on any atom is -0.480 e. The summed E-state index contributed by atoms with van der Waals surface area (Å²) in [6.45, 7) is 2.34. The molecule has 0 aliphatic carbocycles. The Morgan fingerprint density at radius 1 is 1.13 bits per heavy atom. The Morgan fingerprint density at radius 2 is 1.84 bits per heavy atom. The Balaban J connectivity index is 1.81. The van der Waals surface area contributed by atoms with Gasteiger partial charge in [-0.3, -0.25) is 4.79 Å². The quantitative estimate of drug-likeness (QED) is 0.474. The number of anilines is 1. The number of methoxy groups -OCH3 is 1. The van der Waals surface area contributed by atoms with E-state index in [-0.39, 0.29) is 12.5 Å². The second kappa shape index (κ2) is 8.16. The fourth-order valence-electron chi connectivity index (χ4n) is 3.95. The molecule has 8 nitrogen and oxygen atoms in total. The maximum absolute atomic E-state index is 11.4. The minimum atomic E-state index is -0.919. The molecule has 0 aliphatic rings. The van der Waals surface area contributed by atoms with Crippen LogP contribution >= 0.6 is 0 Å². The molecule has 3 heterocycles. The molecule has 158 valence electrons. The smallest absolute Gasteiger partial charge is 0.323 e. The summed E-state index contributed by atoms with van der Waals surface area (Å²) in [4.78, 5) is 23.9. The third kappa shape index (κ3) is 3.85. The SMILES string of the molecule is COCC(C)(c1ccc(-c2cnc(N)nc2)cc1)c1cn(CC(=O)O)c2ncccc12. The highest BCUT2D eigenvalue weighted by Crippen LogP contribution is 2.38.